The van der Waals surface area contributed by atoms with E-state index in [-0.39, 0.29) is 49.4 Å². The van der Waals surface area contributed by atoms with Gasteiger partial charge >= 0.3 is 6.03 Å². The lowest BCUT2D eigenvalue weighted by atomic mass is 9.98. The van der Waals surface area contributed by atoms with Crippen LogP contribution >= 0.6 is 48.0 Å². The predicted octanol–water partition coefficient (Wildman–Crippen LogP) is 5.57. The van der Waals surface area contributed by atoms with E-state index in [4.69, 9.17) is 33.7 Å². The van der Waals surface area contributed by atoms with Crippen molar-refractivity contribution in [3.05, 3.63) is 95.0 Å². The highest BCUT2D eigenvalue weighted by Crippen LogP contribution is 2.45. The Balaban J connectivity index is 0.00000253. The van der Waals surface area contributed by atoms with Crippen molar-refractivity contribution in [3.63, 3.8) is 0 Å². The first-order valence-corrected chi connectivity index (χ1v) is 11.9. The molecule has 3 aromatic rings. The zero-order valence-corrected chi connectivity index (χ0v) is 23.7. The summed E-state index contributed by atoms with van der Waals surface area (Å²) < 4.78 is 6.08. The lowest BCUT2D eigenvalue weighted by Gasteiger charge is -2.42. The van der Waals surface area contributed by atoms with Gasteiger partial charge in [-0.25, -0.2) is 4.79 Å². The predicted molar refractivity (Wildman–Crippen MR) is 156 cm³/mol. The van der Waals surface area contributed by atoms with Gasteiger partial charge < -0.3 is 15.8 Å². The minimum Gasteiger partial charge on any atom is -0.487 e. The Labute approximate surface area is 243 Å². The van der Waals surface area contributed by atoms with Crippen molar-refractivity contribution < 1.29 is 14.3 Å². The highest BCUT2D eigenvalue weighted by molar-refractivity contribution is 6.32. The van der Waals surface area contributed by atoms with Crippen LogP contribution in [0.5, 0.6) is 0 Å². The summed E-state index contributed by atoms with van der Waals surface area (Å²) in [5.41, 5.74) is 9.27. The van der Waals surface area contributed by atoms with Crippen molar-refractivity contribution in [2.45, 2.75) is 18.5 Å². The third-order valence-corrected chi connectivity index (χ3v) is 6.37. The molecule has 0 radical (unpaired) electrons. The van der Waals surface area contributed by atoms with E-state index in [1.165, 1.54) is 9.80 Å². The van der Waals surface area contributed by atoms with Crippen LogP contribution in [0.25, 0.3) is 5.70 Å². The lowest BCUT2D eigenvalue weighted by molar-refractivity contribution is -0.118. The van der Waals surface area contributed by atoms with Gasteiger partial charge in [0.15, 0.2) is 10.8 Å². The van der Waals surface area contributed by atoms with Crippen LogP contribution in [0.1, 0.15) is 18.1 Å². The van der Waals surface area contributed by atoms with Crippen LogP contribution in [0, 0.1) is 0 Å². The zero-order chi connectivity index (χ0) is 25.9. The number of amides is 3. The molecule has 4 rings (SSSR count). The van der Waals surface area contributed by atoms with Crippen LogP contribution in [0.4, 0.5) is 16.2 Å². The number of nitrogens with one attached hydrogen (secondary N) is 1. The fourth-order valence-electron chi connectivity index (χ4n) is 3.96. The fraction of sp³-hybridized carbons (Fsp3) is 0.192. The molecule has 12 heteroatoms. The Morgan fingerprint density at radius 1 is 1.11 bits per heavy atom. The minimum atomic E-state index is -1.46. The summed E-state index contributed by atoms with van der Waals surface area (Å²) in [6, 6.07) is 17.4. The average Bonchev–Trinajstić information content (AvgIpc) is 2.88. The number of rotatable bonds is 6. The molecule has 8 nitrogen and oxygen atoms in total. The summed E-state index contributed by atoms with van der Waals surface area (Å²) in [5.74, 6) is -0.239. The summed E-state index contributed by atoms with van der Waals surface area (Å²) in [5, 5.41) is 3.09. The van der Waals surface area contributed by atoms with Crippen LogP contribution in [0.15, 0.2) is 78.8 Å². The summed E-state index contributed by atoms with van der Waals surface area (Å²) >= 11 is 13.2. The average molecular weight is 599 g/mol. The van der Waals surface area contributed by atoms with Crippen LogP contribution in [0.3, 0.4) is 0 Å². The quantitative estimate of drug-likeness (QED) is 0.285. The highest BCUT2D eigenvalue weighted by Gasteiger charge is 2.46. The zero-order valence-electron chi connectivity index (χ0n) is 20.6. The molecular weight excluding hydrogens is 572 g/mol. The maximum atomic E-state index is 13.5. The lowest BCUT2D eigenvalue weighted by Crippen LogP contribution is -2.54. The van der Waals surface area contributed by atoms with Gasteiger partial charge in [0.05, 0.1) is 17.9 Å². The Bertz CT molecular complexity index is 1310. The number of hydrogen-bond donors (Lipinski definition) is 2. The van der Waals surface area contributed by atoms with Crippen LogP contribution < -0.4 is 20.9 Å². The van der Waals surface area contributed by atoms with E-state index in [1.54, 1.807) is 56.7 Å². The Kier molecular flexibility index (Phi) is 10.7. The summed E-state index contributed by atoms with van der Waals surface area (Å²) in [6.07, 6.45) is 3.15. The van der Waals surface area contributed by atoms with Gasteiger partial charge in [-0.2, -0.15) is 0 Å². The SMILES string of the molecule is CN(C(=O)NCC(=O)N1c2ccc(Cl)cc2C(N)=C(OCc2ccccc2)C1(C)Cl)c1ccncc1.Cl.Cl. The molecular formula is C26H27Cl4N5O3. The number of fused-ring (bicyclic) bond motifs is 1. The molecule has 2 aromatic carbocycles. The normalized spacial score (nSPS) is 15.9. The van der Waals surface area contributed by atoms with Crippen molar-refractivity contribution in [2.75, 3.05) is 23.4 Å². The molecule has 2 heterocycles. The van der Waals surface area contributed by atoms with E-state index in [2.05, 4.69) is 10.3 Å². The Hall–Kier alpha value is -3.17. The molecule has 1 aliphatic rings. The molecule has 1 aliphatic heterocycles. The number of nitrogens with zero attached hydrogens (tertiary/aromatic N) is 3. The molecule has 3 N–H and O–H groups in total. The van der Waals surface area contributed by atoms with Crippen molar-refractivity contribution >= 4 is 77.0 Å². The molecule has 0 aliphatic carbocycles. The number of carbonyl (C=O) groups is 2. The van der Waals surface area contributed by atoms with Crippen LogP contribution in [-0.2, 0) is 16.1 Å². The number of halogens is 4. The first-order valence-electron chi connectivity index (χ1n) is 11.1. The smallest absolute Gasteiger partial charge is 0.322 e. The molecule has 0 bridgehead atoms. The Morgan fingerprint density at radius 2 is 1.76 bits per heavy atom. The number of alkyl halides is 1. The maximum Gasteiger partial charge on any atom is 0.322 e. The van der Waals surface area contributed by atoms with Gasteiger partial charge in [-0.3, -0.25) is 19.6 Å². The minimum absolute atomic E-state index is 0. The van der Waals surface area contributed by atoms with Gasteiger partial charge in [-0.05, 0) is 42.8 Å². The van der Waals surface area contributed by atoms with E-state index >= 15 is 0 Å². The van der Waals surface area contributed by atoms with Gasteiger partial charge in [-0.1, -0.05) is 53.5 Å². The first-order chi connectivity index (χ1) is 17.2. The molecule has 202 valence electrons. The standard InChI is InChI=1S/C26H25Cl2N5O3.2ClH/c1-26(28)24(36-16-17-6-4-3-5-7-17)23(29)20-14-18(27)8-9-21(20)33(26)22(34)15-31-25(35)32(2)19-10-12-30-13-11-19;;/h3-14H,15-16,29H2,1-2H3,(H,31,35);2*1H. The Morgan fingerprint density at radius 3 is 2.42 bits per heavy atom. The van der Waals surface area contributed by atoms with E-state index in [1.807, 2.05) is 30.3 Å². The fourth-order valence-corrected chi connectivity index (χ4v) is 4.47. The number of carbonyl (C=O) groups excluding carboxylic acids is 2. The molecule has 0 saturated heterocycles. The first kappa shape index (κ1) is 31.1. The highest BCUT2D eigenvalue weighted by atomic mass is 35.5. The second kappa shape index (κ2) is 13.1. The molecule has 3 amide bonds. The number of anilines is 2. The third-order valence-electron chi connectivity index (χ3n) is 5.79. The maximum absolute atomic E-state index is 13.5. The van der Waals surface area contributed by atoms with Crippen molar-refractivity contribution in [1.29, 1.82) is 0 Å². The summed E-state index contributed by atoms with van der Waals surface area (Å²) in [6.45, 7) is 1.51. The number of nitrogens with two attached hydrogens (primary N) is 1. The summed E-state index contributed by atoms with van der Waals surface area (Å²) in [4.78, 5) is 31.4. The van der Waals surface area contributed by atoms with Gasteiger partial charge in [0.2, 0.25) is 5.91 Å². The topological polar surface area (TPSA) is 101 Å². The number of benzene rings is 2. The van der Waals surface area contributed by atoms with E-state index in [0.29, 0.717) is 22.0 Å². The molecule has 1 aromatic heterocycles. The number of urea groups is 1. The number of aromatic nitrogens is 1. The molecule has 38 heavy (non-hydrogen) atoms. The van der Waals surface area contributed by atoms with Gasteiger partial charge in [0, 0.05) is 35.7 Å². The monoisotopic (exact) mass is 597 g/mol. The van der Waals surface area contributed by atoms with E-state index in [9.17, 15) is 9.59 Å². The van der Waals surface area contributed by atoms with Crippen LogP contribution in [0.2, 0.25) is 5.02 Å². The summed E-state index contributed by atoms with van der Waals surface area (Å²) in [7, 11) is 1.60. The second-order valence-electron chi connectivity index (χ2n) is 8.28. The van der Waals surface area contributed by atoms with E-state index < -0.39 is 16.9 Å². The van der Waals surface area contributed by atoms with E-state index in [0.717, 1.165) is 5.56 Å². The second-order valence-corrected chi connectivity index (χ2v) is 9.46. The molecule has 0 saturated carbocycles. The van der Waals surface area contributed by atoms with Gasteiger partial charge in [-0.15, -0.1) is 24.8 Å². The van der Waals surface area contributed by atoms with Crippen molar-refractivity contribution in [3.8, 4) is 0 Å². The van der Waals surface area contributed by atoms with Gasteiger partial charge in [0.1, 0.15) is 6.61 Å². The molecule has 0 spiro atoms. The number of hydrogen-bond acceptors (Lipinski definition) is 5. The van der Waals surface area contributed by atoms with Crippen LogP contribution in [-0.4, -0.2) is 35.5 Å². The van der Waals surface area contributed by atoms with Gasteiger partial charge in [0.25, 0.3) is 0 Å². The third kappa shape index (κ3) is 6.45. The number of pyridine rings is 1. The molecule has 1 unspecified atom stereocenters. The molecule has 0 fully saturated rings. The molecule has 1 atom stereocenters. The number of ether oxygens (including phenoxy) is 1. The van der Waals surface area contributed by atoms with Crippen molar-refractivity contribution in [2.24, 2.45) is 5.73 Å². The largest absolute Gasteiger partial charge is 0.487 e. The van der Waals surface area contributed by atoms with Crippen molar-refractivity contribution in [1.82, 2.24) is 10.3 Å².